The van der Waals surface area contributed by atoms with Crippen LogP contribution >= 0.6 is 0 Å². The second kappa shape index (κ2) is 9.14. The Morgan fingerprint density at radius 1 is 1.07 bits per heavy atom. The van der Waals surface area contributed by atoms with Gasteiger partial charge < -0.3 is 19.5 Å². The van der Waals surface area contributed by atoms with E-state index < -0.39 is 0 Å². The summed E-state index contributed by atoms with van der Waals surface area (Å²) in [6.45, 7) is 7.10. The smallest absolute Gasteiger partial charge is 0.254 e. The maximum Gasteiger partial charge on any atom is 0.254 e. The lowest BCUT2D eigenvalue weighted by molar-refractivity contribution is 0.0761. The minimum Gasteiger partial charge on any atom is -0.494 e. The van der Waals surface area contributed by atoms with Crippen LogP contribution < -0.4 is 4.74 Å². The van der Waals surface area contributed by atoms with E-state index in [2.05, 4.69) is 40.3 Å². The number of hydrogen-bond donors (Lipinski definition) is 1. The molecule has 0 radical (unpaired) electrons. The van der Waals surface area contributed by atoms with Crippen LogP contribution in [0, 0.1) is 0 Å². The molecule has 0 unspecified atom stereocenters. The number of carbonyl (C=O) groups is 1. The molecule has 0 saturated carbocycles. The van der Waals surface area contributed by atoms with Crippen molar-refractivity contribution < 1.29 is 9.53 Å². The Morgan fingerprint density at radius 2 is 1.97 bits per heavy atom. The summed E-state index contributed by atoms with van der Waals surface area (Å²) < 4.78 is 5.54. The molecule has 4 rings (SSSR count). The maximum atomic E-state index is 13.0. The van der Waals surface area contributed by atoms with Crippen molar-refractivity contribution in [3.63, 3.8) is 0 Å². The van der Waals surface area contributed by atoms with E-state index in [1.54, 1.807) is 0 Å². The molecular formula is C24H29N3O2. The van der Waals surface area contributed by atoms with E-state index in [1.165, 1.54) is 16.5 Å². The highest BCUT2D eigenvalue weighted by Crippen LogP contribution is 2.19. The van der Waals surface area contributed by atoms with Gasteiger partial charge in [-0.25, -0.2) is 0 Å². The van der Waals surface area contributed by atoms with Crippen molar-refractivity contribution in [1.29, 1.82) is 0 Å². The van der Waals surface area contributed by atoms with Gasteiger partial charge in [0.2, 0.25) is 0 Å². The summed E-state index contributed by atoms with van der Waals surface area (Å²) in [6, 6.07) is 16.0. The lowest BCUT2D eigenvalue weighted by Crippen LogP contribution is -2.35. The summed E-state index contributed by atoms with van der Waals surface area (Å²) in [7, 11) is 0. The van der Waals surface area contributed by atoms with Crippen molar-refractivity contribution in [3.8, 4) is 5.75 Å². The third-order valence-corrected chi connectivity index (χ3v) is 5.64. The van der Waals surface area contributed by atoms with Gasteiger partial charge in [0, 0.05) is 48.8 Å². The quantitative estimate of drug-likeness (QED) is 0.692. The monoisotopic (exact) mass is 391 g/mol. The number of nitrogens with zero attached hydrogens (tertiary/aromatic N) is 2. The fourth-order valence-electron chi connectivity index (χ4n) is 4.08. The van der Waals surface area contributed by atoms with Crippen molar-refractivity contribution in [2.75, 3.05) is 39.3 Å². The zero-order valence-electron chi connectivity index (χ0n) is 17.1. The summed E-state index contributed by atoms with van der Waals surface area (Å²) >= 11 is 0. The van der Waals surface area contributed by atoms with Crippen LogP contribution in [0.1, 0.15) is 29.3 Å². The topological polar surface area (TPSA) is 48.6 Å². The number of ether oxygens (including phenoxy) is 1. The Kier molecular flexibility index (Phi) is 6.15. The minimum atomic E-state index is 0.102. The number of H-pyrrole nitrogens is 1. The molecular weight excluding hydrogens is 362 g/mol. The van der Waals surface area contributed by atoms with E-state index in [0.717, 1.165) is 51.3 Å². The molecule has 0 atom stereocenters. The predicted molar refractivity (Wildman–Crippen MR) is 117 cm³/mol. The average Bonchev–Trinajstić information content (AvgIpc) is 3.01. The summed E-state index contributed by atoms with van der Waals surface area (Å²) in [5, 5.41) is 1.31. The number of fused-ring (bicyclic) bond motifs is 1. The first-order chi connectivity index (χ1) is 14.2. The zero-order valence-corrected chi connectivity index (χ0v) is 17.1. The average molecular weight is 392 g/mol. The molecule has 0 spiro atoms. The molecule has 1 amide bonds. The molecule has 5 nitrogen and oxygen atoms in total. The van der Waals surface area contributed by atoms with Gasteiger partial charge in [-0.1, -0.05) is 24.3 Å². The largest absolute Gasteiger partial charge is 0.494 e. The number of para-hydroxylation sites is 1. The molecule has 2 aromatic carbocycles. The molecule has 1 saturated heterocycles. The molecule has 1 aliphatic heterocycles. The van der Waals surface area contributed by atoms with E-state index >= 15 is 0 Å². The second-order valence-electron chi connectivity index (χ2n) is 7.56. The summed E-state index contributed by atoms with van der Waals surface area (Å²) in [4.78, 5) is 20.8. The highest BCUT2D eigenvalue weighted by atomic mass is 16.5. The first kappa shape index (κ1) is 19.5. The normalized spacial score (nSPS) is 15.4. The zero-order chi connectivity index (χ0) is 20.1. The Morgan fingerprint density at radius 3 is 2.86 bits per heavy atom. The fourth-order valence-corrected chi connectivity index (χ4v) is 4.08. The number of hydrogen-bond acceptors (Lipinski definition) is 3. The van der Waals surface area contributed by atoms with Crippen LogP contribution in [0.3, 0.4) is 0 Å². The Hall–Kier alpha value is -2.79. The van der Waals surface area contributed by atoms with Crippen molar-refractivity contribution >= 4 is 16.8 Å². The molecule has 5 heteroatoms. The van der Waals surface area contributed by atoms with Crippen LogP contribution in [0.2, 0.25) is 0 Å². The molecule has 1 aromatic heterocycles. The van der Waals surface area contributed by atoms with Gasteiger partial charge in [-0.05, 0) is 56.1 Å². The standard InChI is InChI=1S/C24H29N3O2/c1-2-29-21-8-5-7-19(17-21)24(28)27-13-6-12-26(15-16-27)14-11-20-18-25-23-10-4-3-9-22(20)23/h3-5,7-10,17-18,25H,2,6,11-16H2,1H3. The van der Waals surface area contributed by atoms with Crippen molar-refractivity contribution in [2.24, 2.45) is 0 Å². The van der Waals surface area contributed by atoms with Crippen LogP contribution in [-0.4, -0.2) is 60.0 Å². The van der Waals surface area contributed by atoms with E-state index in [9.17, 15) is 4.79 Å². The highest BCUT2D eigenvalue weighted by molar-refractivity contribution is 5.94. The Labute approximate surface area is 172 Å². The molecule has 152 valence electrons. The molecule has 1 fully saturated rings. The number of nitrogens with one attached hydrogen (secondary N) is 1. The van der Waals surface area contributed by atoms with Crippen LogP contribution in [0.15, 0.2) is 54.7 Å². The van der Waals surface area contributed by atoms with Gasteiger partial charge in [0.1, 0.15) is 5.75 Å². The molecule has 2 heterocycles. The lowest BCUT2D eigenvalue weighted by Gasteiger charge is -2.22. The number of amides is 1. The first-order valence-electron chi connectivity index (χ1n) is 10.5. The number of rotatable bonds is 6. The third kappa shape index (κ3) is 4.62. The molecule has 1 N–H and O–H groups in total. The molecule has 0 aliphatic carbocycles. The second-order valence-corrected chi connectivity index (χ2v) is 7.56. The lowest BCUT2D eigenvalue weighted by atomic mass is 10.1. The SMILES string of the molecule is CCOc1cccc(C(=O)N2CCCN(CCc3c[nH]c4ccccc34)CC2)c1. The van der Waals surface area contributed by atoms with Gasteiger partial charge in [-0.15, -0.1) is 0 Å². The Bertz CT molecular complexity index is 965. The fraction of sp³-hybridized carbons (Fsp3) is 0.375. The first-order valence-corrected chi connectivity index (χ1v) is 10.5. The minimum absolute atomic E-state index is 0.102. The summed E-state index contributed by atoms with van der Waals surface area (Å²) in [6.07, 6.45) is 4.16. The van der Waals surface area contributed by atoms with Gasteiger partial charge in [0.05, 0.1) is 6.61 Å². The van der Waals surface area contributed by atoms with E-state index in [4.69, 9.17) is 4.74 Å². The highest BCUT2D eigenvalue weighted by Gasteiger charge is 2.20. The van der Waals surface area contributed by atoms with E-state index in [0.29, 0.717) is 12.2 Å². The number of carbonyl (C=O) groups excluding carboxylic acids is 1. The summed E-state index contributed by atoms with van der Waals surface area (Å²) in [5.74, 6) is 0.860. The van der Waals surface area contributed by atoms with Gasteiger partial charge >= 0.3 is 0 Å². The van der Waals surface area contributed by atoms with E-state index in [1.807, 2.05) is 36.1 Å². The van der Waals surface area contributed by atoms with Gasteiger partial charge in [0.15, 0.2) is 0 Å². The Balaban J connectivity index is 1.34. The summed E-state index contributed by atoms with van der Waals surface area (Å²) in [5.41, 5.74) is 3.28. The van der Waals surface area contributed by atoms with Crippen LogP contribution in [-0.2, 0) is 6.42 Å². The van der Waals surface area contributed by atoms with E-state index in [-0.39, 0.29) is 5.91 Å². The van der Waals surface area contributed by atoms with Crippen LogP contribution in [0.4, 0.5) is 0 Å². The van der Waals surface area contributed by atoms with Crippen molar-refractivity contribution in [2.45, 2.75) is 19.8 Å². The van der Waals surface area contributed by atoms with Crippen LogP contribution in [0.25, 0.3) is 10.9 Å². The number of aromatic nitrogens is 1. The van der Waals surface area contributed by atoms with Crippen molar-refractivity contribution in [3.05, 3.63) is 65.9 Å². The molecule has 29 heavy (non-hydrogen) atoms. The molecule has 0 bridgehead atoms. The maximum absolute atomic E-state index is 13.0. The van der Waals surface area contributed by atoms with Crippen molar-refractivity contribution in [1.82, 2.24) is 14.8 Å². The molecule has 3 aromatic rings. The number of aromatic amines is 1. The number of benzene rings is 2. The van der Waals surface area contributed by atoms with Crippen LogP contribution in [0.5, 0.6) is 5.75 Å². The van der Waals surface area contributed by atoms with Gasteiger partial charge in [0.25, 0.3) is 5.91 Å². The molecule has 1 aliphatic rings. The third-order valence-electron chi connectivity index (χ3n) is 5.64. The predicted octanol–water partition coefficient (Wildman–Crippen LogP) is 3.96. The van der Waals surface area contributed by atoms with Gasteiger partial charge in [-0.3, -0.25) is 4.79 Å². The van der Waals surface area contributed by atoms with Gasteiger partial charge in [-0.2, -0.15) is 0 Å².